The summed E-state index contributed by atoms with van der Waals surface area (Å²) >= 11 is 0. The van der Waals surface area contributed by atoms with Gasteiger partial charge in [-0.15, -0.1) is 0 Å². The standard InChI is InChI=1S/C23H27N3O3S/c1-15-8-10-20-18(12-15)19-13-16(9-11-21(19)25-20)23(27)24-14-17-6-4-5-7-22(17)30(28,29)26(2)3/h4-7,9,11,13,15,25H,8,10,12,14H2,1-3H3,(H,24,27). The van der Waals surface area contributed by atoms with Crippen molar-refractivity contribution in [2.45, 2.75) is 37.6 Å². The highest BCUT2D eigenvalue weighted by Crippen LogP contribution is 2.32. The normalized spacial score (nSPS) is 16.6. The number of amides is 1. The van der Waals surface area contributed by atoms with Crippen LogP contribution in [0.15, 0.2) is 47.4 Å². The first-order valence-electron chi connectivity index (χ1n) is 10.2. The van der Waals surface area contributed by atoms with E-state index in [0.717, 1.165) is 23.7 Å². The van der Waals surface area contributed by atoms with Crippen LogP contribution in [-0.2, 0) is 29.4 Å². The Morgan fingerprint density at radius 1 is 1.20 bits per heavy atom. The molecule has 30 heavy (non-hydrogen) atoms. The van der Waals surface area contributed by atoms with Crippen LogP contribution in [0.3, 0.4) is 0 Å². The lowest BCUT2D eigenvalue weighted by atomic mass is 9.87. The molecule has 1 aromatic heterocycles. The summed E-state index contributed by atoms with van der Waals surface area (Å²) in [4.78, 5) is 16.5. The molecule has 0 radical (unpaired) electrons. The lowest BCUT2D eigenvalue weighted by Gasteiger charge is -2.18. The summed E-state index contributed by atoms with van der Waals surface area (Å²) in [7, 11) is -0.582. The third-order valence-electron chi connectivity index (χ3n) is 5.87. The predicted molar refractivity (Wildman–Crippen MR) is 118 cm³/mol. The molecule has 3 aromatic rings. The summed E-state index contributed by atoms with van der Waals surface area (Å²) in [5.41, 5.74) is 4.81. The highest BCUT2D eigenvalue weighted by atomic mass is 32.2. The van der Waals surface area contributed by atoms with Crippen molar-refractivity contribution in [2.24, 2.45) is 5.92 Å². The molecule has 1 heterocycles. The second kappa shape index (κ2) is 7.89. The largest absolute Gasteiger partial charge is 0.358 e. The van der Waals surface area contributed by atoms with Gasteiger partial charge in [0, 0.05) is 42.8 Å². The molecule has 2 aromatic carbocycles. The Balaban J connectivity index is 1.57. The van der Waals surface area contributed by atoms with Gasteiger partial charge in [-0.05, 0) is 60.6 Å². The molecule has 158 valence electrons. The summed E-state index contributed by atoms with van der Waals surface area (Å²) in [6.45, 7) is 2.40. The van der Waals surface area contributed by atoms with Gasteiger partial charge in [-0.1, -0.05) is 25.1 Å². The second-order valence-corrected chi connectivity index (χ2v) is 10.4. The molecule has 2 N–H and O–H groups in total. The number of benzene rings is 2. The van der Waals surface area contributed by atoms with Gasteiger partial charge in [0.25, 0.3) is 5.91 Å². The lowest BCUT2D eigenvalue weighted by molar-refractivity contribution is 0.0950. The maximum absolute atomic E-state index is 12.8. The maximum atomic E-state index is 12.8. The van der Waals surface area contributed by atoms with Crippen LogP contribution in [0, 0.1) is 5.92 Å². The number of nitrogens with zero attached hydrogens (tertiary/aromatic N) is 1. The number of aromatic amines is 1. The molecule has 6 nitrogen and oxygen atoms in total. The highest BCUT2D eigenvalue weighted by Gasteiger charge is 2.22. The molecule has 4 rings (SSSR count). The molecular formula is C23H27N3O3S. The number of carbonyl (C=O) groups is 1. The number of aromatic nitrogens is 1. The van der Waals surface area contributed by atoms with Crippen LogP contribution < -0.4 is 5.32 Å². The van der Waals surface area contributed by atoms with Gasteiger partial charge < -0.3 is 10.3 Å². The first-order valence-corrected chi connectivity index (χ1v) is 11.6. The second-order valence-electron chi connectivity index (χ2n) is 8.27. The first kappa shape index (κ1) is 20.6. The molecule has 0 spiro atoms. The SMILES string of the molecule is CC1CCc2[nH]c3ccc(C(=O)NCc4ccccc4S(=O)(=O)N(C)C)cc3c2C1. The van der Waals surface area contributed by atoms with Gasteiger partial charge in [-0.3, -0.25) is 4.79 Å². The van der Waals surface area contributed by atoms with Crippen LogP contribution in [0.5, 0.6) is 0 Å². The summed E-state index contributed by atoms with van der Waals surface area (Å²) in [5, 5.41) is 3.99. The van der Waals surface area contributed by atoms with E-state index in [9.17, 15) is 13.2 Å². The topological polar surface area (TPSA) is 82.3 Å². The van der Waals surface area contributed by atoms with Crippen molar-refractivity contribution in [3.05, 3.63) is 64.8 Å². The quantitative estimate of drug-likeness (QED) is 0.657. The number of hydrogen-bond acceptors (Lipinski definition) is 3. The number of rotatable bonds is 5. The van der Waals surface area contributed by atoms with Gasteiger partial charge in [-0.2, -0.15) is 0 Å². The Hall–Kier alpha value is -2.64. The zero-order valence-corrected chi connectivity index (χ0v) is 18.3. The lowest BCUT2D eigenvalue weighted by Crippen LogP contribution is -2.27. The van der Waals surface area contributed by atoms with Crippen molar-refractivity contribution in [3.8, 4) is 0 Å². The minimum absolute atomic E-state index is 0.141. The van der Waals surface area contributed by atoms with E-state index in [2.05, 4.69) is 17.2 Å². The molecule has 1 aliphatic carbocycles. The summed E-state index contributed by atoms with van der Waals surface area (Å²) < 4.78 is 26.3. The maximum Gasteiger partial charge on any atom is 0.251 e. The van der Waals surface area contributed by atoms with Crippen LogP contribution in [0.4, 0.5) is 0 Å². The Morgan fingerprint density at radius 2 is 1.97 bits per heavy atom. The van der Waals surface area contributed by atoms with Gasteiger partial charge in [-0.25, -0.2) is 12.7 Å². The van der Waals surface area contributed by atoms with Crippen molar-refractivity contribution in [1.82, 2.24) is 14.6 Å². The summed E-state index contributed by atoms with van der Waals surface area (Å²) in [5.74, 6) is 0.428. The van der Waals surface area contributed by atoms with Crippen LogP contribution in [0.1, 0.15) is 40.5 Å². The van der Waals surface area contributed by atoms with E-state index in [1.165, 1.54) is 36.1 Å². The predicted octanol–water partition coefficient (Wildman–Crippen LogP) is 3.47. The van der Waals surface area contributed by atoms with E-state index in [4.69, 9.17) is 0 Å². The molecule has 0 saturated heterocycles. The minimum atomic E-state index is -3.58. The van der Waals surface area contributed by atoms with E-state index in [-0.39, 0.29) is 17.3 Å². The Kier molecular flexibility index (Phi) is 5.42. The minimum Gasteiger partial charge on any atom is -0.358 e. The van der Waals surface area contributed by atoms with Crippen LogP contribution in [0.25, 0.3) is 10.9 Å². The molecule has 1 atom stereocenters. The van der Waals surface area contributed by atoms with Crippen molar-refractivity contribution in [1.29, 1.82) is 0 Å². The first-order chi connectivity index (χ1) is 14.3. The third kappa shape index (κ3) is 3.75. The molecule has 0 saturated carbocycles. The fraction of sp³-hybridized carbons (Fsp3) is 0.348. The van der Waals surface area contributed by atoms with E-state index < -0.39 is 10.0 Å². The summed E-state index contributed by atoms with van der Waals surface area (Å²) in [6.07, 6.45) is 3.25. The zero-order chi connectivity index (χ0) is 21.5. The Morgan fingerprint density at radius 3 is 2.73 bits per heavy atom. The van der Waals surface area contributed by atoms with Crippen molar-refractivity contribution >= 4 is 26.8 Å². The number of sulfonamides is 1. The van der Waals surface area contributed by atoms with Crippen LogP contribution in [0.2, 0.25) is 0 Å². The Labute approximate surface area is 177 Å². The number of H-pyrrole nitrogens is 1. The number of hydrogen-bond donors (Lipinski definition) is 2. The van der Waals surface area contributed by atoms with E-state index in [1.54, 1.807) is 24.3 Å². The molecule has 7 heteroatoms. The number of carbonyl (C=O) groups excluding carboxylic acids is 1. The van der Waals surface area contributed by atoms with E-state index in [1.807, 2.05) is 18.2 Å². The molecular weight excluding hydrogens is 398 g/mol. The molecule has 1 unspecified atom stereocenters. The van der Waals surface area contributed by atoms with Crippen molar-refractivity contribution in [3.63, 3.8) is 0 Å². The van der Waals surface area contributed by atoms with Crippen molar-refractivity contribution < 1.29 is 13.2 Å². The smallest absolute Gasteiger partial charge is 0.251 e. The van der Waals surface area contributed by atoms with Gasteiger partial charge in [0.05, 0.1) is 4.90 Å². The number of aryl methyl sites for hydroxylation is 1. The highest BCUT2D eigenvalue weighted by molar-refractivity contribution is 7.89. The van der Waals surface area contributed by atoms with Gasteiger partial charge >= 0.3 is 0 Å². The van der Waals surface area contributed by atoms with Gasteiger partial charge in [0.2, 0.25) is 10.0 Å². The summed E-state index contributed by atoms with van der Waals surface area (Å²) in [6, 6.07) is 12.5. The number of fused-ring (bicyclic) bond motifs is 3. The third-order valence-corrected chi connectivity index (χ3v) is 7.78. The van der Waals surface area contributed by atoms with Crippen molar-refractivity contribution in [2.75, 3.05) is 14.1 Å². The Bertz CT molecular complexity index is 1210. The zero-order valence-electron chi connectivity index (χ0n) is 17.5. The average molecular weight is 426 g/mol. The molecule has 0 fully saturated rings. The average Bonchev–Trinajstić information content (AvgIpc) is 3.09. The molecule has 0 bridgehead atoms. The van der Waals surface area contributed by atoms with Crippen LogP contribution >= 0.6 is 0 Å². The molecule has 1 aliphatic rings. The molecule has 1 amide bonds. The van der Waals surface area contributed by atoms with Gasteiger partial charge in [0.1, 0.15) is 0 Å². The fourth-order valence-electron chi connectivity index (χ4n) is 4.11. The van der Waals surface area contributed by atoms with Gasteiger partial charge in [0.15, 0.2) is 0 Å². The number of nitrogens with one attached hydrogen (secondary N) is 2. The van der Waals surface area contributed by atoms with Crippen LogP contribution in [-0.4, -0.2) is 37.7 Å². The fourth-order valence-corrected chi connectivity index (χ4v) is 5.22. The monoisotopic (exact) mass is 425 g/mol. The molecule has 0 aliphatic heterocycles. The van der Waals surface area contributed by atoms with E-state index >= 15 is 0 Å². The van der Waals surface area contributed by atoms with E-state index in [0.29, 0.717) is 17.0 Å².